The summed E-state index contributed by atoms with van der Waals surface area (Å²) in [5.41, 5.74) is 0. The third-order valence-electron chi connectivity index (χ3n) is 0.922. The Kier molecular flexibility index (Phi) is 56.5. The molecule has 2 radical (unpaired) electrons. The molecule has 0 rings (SSSR count). The number of rotatable bonds is 4. The summed E-state index contributed by atoms with van der Waals surface area (Å²) in [4.78, 5) is 26.5. The molecule has 0 saturated carbocycles. The molecule has 0 aromatic rings. The van der Waals surface area contributed by atoms with Gasteiger partial charge in [-0.3, -0.25) is 0 Å². The second-order valence-electron chi connectivity index (χ2n) is 3.22. The zero-order chi connectivity index (χ0) is 17.1. The van der Waals surface area contributed by atoms with E-state index in [2.05, 4.69) is 6.92 Å². The van der Waals surface area contributed by atoms with Gasteiger partial charge in [0.2, 0.25) is 0 Å². The molecular weight excluding hydrogens is 429 g/mol. The van der Waals surface area contributed by atoms with E-state index in [-0.39, 0.29) is 38.4 Å². The average molecular weight is 449 g/mol. The molecule has 0 aliphatic heterocycles. The molecule has 0 aliphatic rings. The molecule has 136 valence electrons. The van der Waals surface area contributed by atoms with E-state index in [1.807, 2.05) is 0 Å². The standard InChI is InChI=1S/C6H11Cl2.3C2H4O2.2Co/c1-2-3-4-5-6(7)8;3*1-2(3)4;;/h6H,1-5H2;3*1H3,(H,3,4);;/q-1;;;;2*+2/p-3. The first-order chi connectivity index (χ1) is 8.97. The van der Waals surface area contributed by atoms with Gasteiger partial charge in [0.05, 0.1) is 0 Å². The summed E-state index contributed by atoms with van der Waals surface area (Å²) in [5, 5.41) is 26.7. The van der Waals surface area contributed by atoms with Crippen LogP contribution < -0.4 is 15.3 Å². The summed E-state index contributed by atoms with van der Waals surface area (Å²) in [6, 6.07) is 0. The first kappa shape index (κ1) is 37.9. The van der Waals surface area contributed by atoms with E-state index in [0.29, 0.717) is 0 Å². The Hall–Kier alpha value is 0.00299. The Morgan fingerprint density at radius 2 is 1.09 bits per heavy atom. The molecule has 0 spiro atoms. The van der Waals surface area contributed by atoms with Crippen molar-refractivity contribution in [3.05, 3.63) is 6.92 Å². The van der Waals surface area contributed by atoms with Crippen LogP contribution in [-0.4, -0.2) is 22.7 Å². The van der Waals surface area contributed by atoms with Crippen LogP contribution in [0.5, 0.6) is 0 Å². The van der Waals surface area contributed by atoms with E-state index in [1.165, 1.54) is 0 Å². The van der Waals surface area contributed by atoms with Gasteiger partial charge in [-0.25, -0.2) is 0 Å². The van der Waals surface area contributed by atoms with E-state index in [0.717, 1.165) is 46.5 Å². The van der Waals surface area contributed by atoms with Crippen LogP contribution in [0.4, 0.5) is 0 Å². The number of aliphatic carboxylic acids is 3. The van der Waals surface area contributed by atoms with Gasteiger partial charge < -0.3 is 36.6 Å². The Morgan fingerprint density at radius 3 is 1.23 bits per heavy atom. The topological polar surface area (TPSA) is 120 Å². The monoisotopic (exact) mass is 448 g/mol. The van der Waals surface area contributed by atoms with Crippen molar-refractivity contribution in [2.45, 2.75) is 51.3 Å². The molecular formula is C12H20Cl2Co2O6. The molecule has 10 heteroatoms. The Balaban J connectivity index is -0.0000000400. The number of hydrogen-bond donors (Lipinski definition) is 0. The number of halogens is 2. The van der Waals surface area contributed by atoms with E-state index >= 15 is 0 Å². The fourth-order valence-electron chi connectivity index (χ4n) is 0.475. The summed E-state index contributed by atoms with van der Waals surface area (Å²) in [5.74, 6) is -3.25. The molecule has 0 saturated heterocycles. The van der Waals surface area contributed by atoms with Crippen LogP contribution in [0.2, 0.25) is 0 Å². The van der Waals surface area contributed by atoms with Crippen LogP contribution in [0, 0.1) is 6.92 Å². The SMILES string of the molecule is CC(=O)[O-].CC(=O)[O-].CC(=O)[O-].[CH2-]CCCCC(Cl)Cl.[Co+2].[Co+2]. The van der Waals surface area contributed by atoms with Gasteiger partial charge in [-0.05, 0) is 27.2 Å². The molecule has 6 nitrogen and oxygen atoms in total. The average Bonchev–Trinajstić information content (AvgIpc) is 2.14. The summed E-state index contributed by atoms with van der Waals surface area (Å²) in [6.45, 7) is 6.61. The zero-order valence-electron chi connectivity index (χ0n) is 12.5. The summed E-state index contributed by atoms with van der Waals surface area (Å²) >= 11 is 10.9. The van der Waals surface area contributed by atoms with Gasteiger partial charge in [0.25, 0.3) is 0 Å². The molecule has 0 unspecified atom stereocenters. The van der Waals surface area contributed by atoms with Crippen molar-refractivity contribution in [1.29, 1.82) is 0 Å². The van der Waals surface area contributed by atoms with Crippen molar-refractivity contribution < 1.29 is 63.3 Å². The molecule has 0 N–H and O–H groups in total. The van der Waals surface area contributed by atoms with Crippen molar-refractivity contribution >= 4 is 41.1 Å². The first-order valence-corrected chi connectivity index (χ1v) is 6.44. The molecule has 0 fully saturated rings. The van der Waals surface area contributed by atoms with E-state index in [4.69, 9.17) is 52.9 Å². The molecule has 22 heavy (non-hydrogen) atoms. The molecule has 0 atom stereocenters. The minimum absolute atomic E-state index is 0. The maximum Gasteiger partial charge on any atom is 2.00 e. The maximum atomic E-state index is 8.89. The number of alkyl halides is 2. The Labute approximate surface area is 162 Å². The molecule has 0 amide bonds. The Bertz CT molecular complexity index is 213. The van der Waals surface area contributed by atoms with Crippen LogP contribution >= 0.6 is 23.2 Å². The quantitative estimate of drug-likeness (QED) is 0.323. The predicted molar refractivity (Wildman–Crippen MR) is 71.4 cm³/mol. The summed E-state index contributed by atoms with van der Waals surface area (Å²) in [7, 11) is 0. The van der Waals surface area contributed by atoms with Crippen LogP contribution in [0.15, 0.2) is 0 Å². The fourth-order valence-corrected chi connectivity index (χ4v) is 0.784. The minimum Gasteiger partial charge on any atom is -0.550 e. The van der Waals surface area contributed by atoms with Gasteiger partial charge in [-0.15, -0.1) is 23.2 Å². The van der Waals surface area contributed by atoms with Crippen molar-refractivity contribution in [3.63, 3.8) is 0 Å². The fraction of sp³-hybridized carbons (Fsp3) is 0.667. The summed E-state index contributed by atoms with van der Waals surface area (Å²) < 4.78 is 0. The van der Waals surface area contributed by atoms with Crippen LogP contribution in [-0.2, 0) is 47.9 Å². The van der Waals surface area contributed by atoms with Gasteiger partial charge in [-0.2, -0.15) is 6.42 Å². The largest absolute Gasteiger partial charge is 2.00 e. The van der Waals surface area contributed by atoms with Gasteiger partial charge in [0.15, 0.2) is 0 Å². The summed E-state index contributed by atoms with van der Waals surface area (Å²) in [6.07, 6.45) is 4.12. The Morgan fingerprint density at radius 1 is 0.864 bits per heavy atom. The molecule has 0 aromatic heterocycles. The maximum absolute atomic E-state index is 8.89. The normalized spacial score (nSPS) is 7.23. The number of carbonyl (C=O) groups excluding carboxylic acids is 3. The van der Waals surface area contributed by atoms with E-state index in [1.54, 1.807) is 0 Å². The molecule has 0 aliphatic carbocycles. The van der Waals surface area contributed by atoms with Crippen molar-refractivity contribution in [3.8, 4) is 0 Å². The number of carboxylic acid groups (broad SMARTS) is 3. The van der Waals surface area contributed by atoms with Gasteiger partial charge in [0.1, 0.15) is 4.84 Å². The number of carbonyl (C=O) groups is 3. The smallest absolute Gasteiger partial charge is 0.550 e. The number of unbranched alkanes of at least 4 members (excludes halogenated alkanes) is 2. The van der Waals surface area contributed by atoms with Crippen molar-refractivity contribution in [1.82, 2.24) is 0 Å². The number of carboxylic acids is 3. The first-order valence-electron chi connectivity index (χ1n) is 5.57. The van der Waals surface area contributed by atoms with Crippen LogP contribution in [0.3, 0.4) is 0 Å². The van der Waals surface area contributed by atoms with Crippen LogP contribution in [0.1, 0.15) is 46.5 Å². The second kappa shape index (κ2) is 32.8. The molecule has 0 aromatic carbocycles. The van der Waals surface area contributed by atoms with Gasteiger partial charge in [-0.1, -0.05) is 12.8 Å². The number of hydrogen-bond acceptors (Lipinski definition) is 6. The van der Waals surface area contributed by atoms with E-state index in [9.17, 15) is 0 Å². The van der Waals surface area contributed by atoms with Gasteiger partial charge in [0, 0.05) is 17.9 Å². The third kappa shape index (κ3) is 289. The second-order valence-corrected chi connectivity index (χ2v) is 4.49. The van der Waals surface area contributed by atoms with E-state index < -0.39 is 17.9 Å². The van der Waals surface area contributed by atoms with Crippen molar-refractivity contribution in [2.24, 2.45) is 0 Å². The van der Waals surface area contributed by atoms with Crippen LogP contribution in [0.25, 0.3) is 0 Å². The zero-order valence-corrected chi connectivity index (χ0v) is 16.1. The predicted octanol–water partition coefficient (Wildman–Crippen LogP) is -0.552. The molecule has 0 bridgehead atoms. The minimum atomic E-state index is -1.08. The van der Waals surface area contributed by atoms with Gasteiger partial charge >= 0.3 is 33.6 Å². The molecule has 0 heterocycles. The van der Waals surface area contributed by atoms with Crippen molar-refractivity contribution in [2.75, 3.05) is 0 Å². The third-order valence-corrected chi connectivity index (χ3v) is 1.36.